The molecule has 0 saturated carbocycles. The van der Waals surface area contributed by atoms with E-state index in [1.807, 2.05) is 12.1 Å². The Balaban J connectivity index is 2.19. The van der Waals surface area contributed by atoms with Crippen LogP contribution >= 0.6 is 23.2 Å². The fourth-order valence-corrected chi connectivity index (χ4v) is 2.62. The van der Waals surface area contributed by atoms with Crippen LogP contribution in [0.2, 0.25) is 10.0 Å². The minimum absolute atomic E-state index is 0.649. The minimum Gasteiger partial charge on any atom is -0.354 e. The van der Waals surface area contributed by atoms with E-state index in [4.69, 9.17) is 23.2 Å². The number of rotatable bonds is 1. The molecule has 0 spiro atoms. The Bertz CT molecular complexity index is 728. The lowest BCUT2D eigenvalue weighted by Gasteiger charge is -2.01. The van der Waals surface area contributed by atoms with Gasteiger partial charge < -0.3 is 4.98 Å². The first-order valence-electron chi connectivity index (χ1n) is 5.68. The van der Waals surface area contributed by atoms with Gasteiger partial charge in [0.1, 0.15) is 0 Å². The summed E-state index contributed by atoms with van der Waals surface area (Å²) in [7, 11) is 0. The van der Waals surface area contributed by atoms with Gasteiger partial charge in [0.2, 0.25) is 0 Å². The summed E-state index contributed by atoms with van der Waals surface area (Å²) in [5.74, 6) is 0. The van der Waals surface area contributed by atoms with Gasteiger partial charge in [-0.3, -0.25) is 0 Å². The fourth-order valence-electron chi connectivity index (χ4n) is 2.11. The first-order valence-corrected chi connectivity index (χ1v) is 6.44. The van der Waals surface area contributed by atoms with Crippen molar-refractivity contribution in [2.75, 3.05) is 0 Å². The second-order valence-electron chi connectivity index (χ2n) is 4.40. The number of aryl methyl sites for hydroxylation is 1. The van der Waals surface area contributed by atoms with Crippen LogP contribution < -0.4 is 0 Å². The standard InChI is InChI=1S/C15H11Cl2N/c1-9-2-5-14-10(6-9)7-15(18-14)12-4-3-11(16)8-13(12)17/h2-8,18H,1H3. The number of hydrogen-bond donors (Lipinski definition) is 1. The van der Waals surface area contributed by atoms with Crippen molar-refractivity contribution < 1.29 is 0 Å². The maximum atomic E-state index is 6.22. The van der Waals surface area contributed by atoms with Crippen molar-refractivity contribution in [1.29, 1.82) is 0 Å². The molecular weight excluding hydrogens is 265 g/mol. The van der Waals surface area contributed by atoms with Crippen molar-refractivity contribution in [3.05, 3.63) is 58.1 Å². The van der Waals surface area contributed by atoms with Crippen molar-refractivity contribution in [3.63, 3.8) is 0 Å². The van der Waals surface area contributed by atoms with Crippen LogP contribution in [0.1, 0.15) is 5.56 Å². The van der Waals surface area contributed by atoms with Crippen LogP contribution in [-0.4, -0.2) is 4.98 Å². The maximum Gasteiger partial charge on any atom is 0.0514 e. The van der Waals surface area contributed by atoms with Crippen LogP contribution in [0.15, 0.2) is 42.5 Å². The van der Waals surface area contributed by atoms with Crippen LogP contribution in [0.3, 0.4) is 0 Å². The smallest absolute Gasteiger partial charge is 0.0514 e. The molecule has 90 valence electrons. The second kappa shape index (κ2) is 4.34. The number of halogens is 2. The SMILES string of the molecule is Cc1ccc2[nH]c(-c3ccc(Cl)cc3Cl)cc2c1. The summed E-state index contributed by atoms with van der Waals surface area (Å²) < 4.78 is 0. The largest absolute Gasteiger partial charge is 0.354 e. The second-order valence-corrected chi connectivity index (χ2v) is 5.24. The number of hydrogen-bond acceptors (Lipinski definition) is 0. The average molecular weight is 276 g/mol. The van der Waals surface area contributed by atoms with Crippen molar-refractivity contribution >= 4 is 34.1 Å². The van der Waals surface area contributed by atoms with E-state index in [0.29, 0.717) is 10.0 Å². The topological polar surface area (TPSA) is 15.8 Å². The number of fused-ring (bicyclic) bond motifs is 1. The zero-order chi connectivity index (χ0) is 12.7. The van der Waals surface area contributed by atoms with Crippen LogP contribution in [0.5, 0.6) is 0 Å². The number of aromatic amines is 1. The molecule has 0 aliphatic carbocycles. The lowest BCUT2D eigenvalue weighted by Crippen LogP contribution is -1.79. The van der Waals surface area contributed by atoms with E-state index in [9.17, 15) is 0 Å². The van der Waals surface area contributed by atoms with Crippen molar-refractivity contribution in [2.24, 2.45) is 0 Å². The highest BCUT2D eigenvalue weighted by atomic mass is 35.5. The molecule has 0 atom stereocenters. The lowest BCUT2D eigenvalue weighted by molar-refractivity contribution is 1.44. The van der Waals surface area contributed by atoms with Crippen LogP contribution in [0.4, 0.5) is 0 Å². The van der Waals surface area contributed by atoms with E-state index in [-0.39, 0.29) is 0 Å². The molecule has 0 fully saturated rings. The van der Waals surface area contributed by atoms with Gasteiger partial charge in [0.05, 0.1) is 5.02 Å². The van der Waals surface area contributed by atoms with Gasteiger partial charge in [-0.05, 0) is 43.3 Å². The average Bonchev–Trinajstić information content (AvgIpc) is 2.71. The molecule has 18 heavy (non-hydrogen) atoms. The van der Waals surface area contributed by atoms with Crippen LogP contribution in [0.25, 0.3) is 22.2 Å². The van der Waals surface area contributed by atoms with Crippen molar-refractivity contribution in [1.82, 2.24) is 4.98 Å². The zero-order valence-corrected chi connectivity index (χ0v) is 11.3. The summed E-state index contributed by atoms with van der Waals surface area (Å²) in [4.78, 5) is 3.37. The summed E-state index contributed by atoms with van der Waals surface area (Å²) in [5.41, 5.74) is 4.34. The van der Waals surface area contributed by atoms with Crippen LogP contribution in [-0.2, 0) is 0 Å². The Morgan fingerprint density at radius 2 is 1.78 bits per heavy atom. The first-order chi connectivity index (χ1) is 8.63. The molecule has 3 rings (SSSR count). The Morgan fingerprint density at radius 3 is 2.56 bits per heavy atom. The third-order valence-corrected chi connectivity index (χ3v) is 3.55. The fraction of sp³-hybridized carbons (Fsp3) is 0.0667. The van der Waals surface area contributed by atoms with Crippen LogP contribution in [0, 0.1) is 6.92 Å². The number of nitrogens with one attached hydrogen (secondary N) is 1. The molecule has 1 N–H and O–H groups in total. The summed E-state index contributed by atoms with van der Waals surface area (Å²) >= 11 is 12.1. The highest BCUT2D eigenvalue weighted by molar-refractivity contribution is 6.36. The summed E-state index contributed by atoms with van der Waals surface area (Å²) in [6.07, 6.45) is 0. The predicted octanol–water partition coefficient (Wildman–Crippen LogP) is 5.45. The number of H-pyrrole nitrogens is 1. The number of aromatic nitrogens is 1. The molecule has 0 radical (unpaired) electrons. The van der Waals surface area contributed by atoms with Gasteiger partial charge in [-0.2, -0.15) is 0 Å². The van der Waals surface area contributed by atoms with E-state index in [2.05, 4.69) is 36.2 Å². The molecule has 0 amide bonds. The van der Waals surface area contributed by atoms with Gasteiger partial charge >= 0.3 is 0 Å². The zero-order valence-electron chi connectivity index (χ0n) is 9.80. The predicted molar refractivity (Wildman–Crippen MR) is 78.5 cm³/mol. The number of benzene rings is 2. The van der Waals surface area contributed by atoms with E-state index in [1.165, 1.54) is 10.9 Å². The third-order valence-electron chi connectivity index (χ3n) is 3.00. The molecule has 1 nitrogen and oxygen atoms in total. The molecule has 2 aromatic carbocycles. The molecular formula is C15H11Cl2N. The highest BCUT2D eigenvalue weighted by Crippen LogP contribution is 2.31. The van der Waals surface area contributed by atoms with E-state index < -0.39 is 0 Å². The monoisotopic (exact) mass is 275 g/mol. The highest BCUT2D eigenvalue weighted by Gasteiger charge is 2.07. The Morgan fingerprint density at radius 1 is 0.944 bits per heavy atom. The van der Waals surface area contributed by atoms with Crippen molar-refractivity contribution in [3.8, 4) is 11.3 Å². The third kappa shape index (κ3) is 2.00. The van der Waals surface area contributed by atoms with E-state index >= 15 is 0 Å². The van der Waals surface area contributed by atoms with Gasteiger partial charge in [0.15, 0.2) is 0 Å². The quantitative estimate of drug-likeness (QED) is 0.608. The Labute approximate surface area is 115 Å². The van der Waals surface area contributed by atoms with E-state index in [1.54, 1.807) is 6.07 Å². The molecule has 0 bridgehead atoms. The molecule has 3 aromatic rings. The van der Waals surface area contributed by atoms with Gasteiger partial charge in [0, 0.05) is 27.2 Å². The Kier molecular flexibility index (Phi) is 2.81. The molecule has 3 heteroatoms. The van der Waals surface area contributed by atoms with Gasteiger partial charge in [-0.25, -0.2) is 0 Å². The lowest BCUT2D eigenvalue weighted by atomic mass is 10.1. The Hall–Kier alpha value is -1.44. The van der Waals surface area contributed by atoms with Gasteiger partial charge in [-0.15, -0.1) is 0 Å². The molecule has 0 aliphatic rings. The van der Waals surface area contributed by atoms with Crippen molar-refractivity contribution in [2.45, 2.75) is 6.92 Å². The minimum atomic E-state index is 0.649. The molecule has 1 aromatic heterocycles. The summed E-state index contributed by atoms with van der Waals surface area (Å²) in [5, 5.41) is 2.50. The first kappa shape index (κ1) is 11.6. The van der Waals surface area contributed by atoms with Gasteiger partial charge in [0.25, 0.3) is 0 Å². The normalized spacial score (nSPS) is 11.1. The van der Waals surface area contributed by atoms with E-state index in [0.717, 1.165) is 16.8 Å². The molecule has 0 aliphatic heterocycles. The molecule has 0 unspecified atom stereocenters. The molecule has 1 heterocycles. The summed E-state index contributed by atoms with van der Waals surface area (Å²) in [6.45, 7) is 2.08. The summed E-state index contributed by atoms with van der Waals surface area (Å²) in [6, 6.07) is 14.0. The maximum absolute atomic E-state index is 6.22. The molecule has 0 saturated heterocycles. The van der Waals surface area contributed by atoms with Gasteiger partial charge in [-0.1, -0.05) is 34.8 Å².